The lowest BCUT2D eigenvalue weighted by atomic mass is 10.2. The number of carbonyl (C=O) groups is 1. The molecule has 1 aromatic carbocycles. The van der Waals surface area contributed by atoms with Gasteiger partial charge in [0.1, 0.15) is 19.1 Å². The van der Waals surface area contributed by atoms with Crippen LogP contribution in [0.3, 0.4) is 0 Å². The fraction of sp³-hybridized carbons (Fsp3) is 0.417. The Kier molecular flexibility index (Phi) is 3.25. The Morgan fingerprint density at radius 3 is 2.60 bits per heavy atom. The summed E-state index contributed by atoms with van der Waals surface area (Å²) in [5.74, 6) is 0.265. The van der Waals surface area contributed by atoms with Crippen LogP contribution in [0.1, 0.15) is 6.42 Å². The van der Waals surface area contributed by atoms with Crippen molar-refractivity contribution in [1.29, 1.82) is 0 Å². The highest BCUT2D eigenvalue weighted by atomic mass is 79.9. The van der Waals surface area contributed by atoms with Gasteiger partial charge in [-0.25, -0.2) is 0 Å². The molecule has 1 heterocycles. The Bertz CT molecular complexity index is 591. The van der Waals surface area contributed by atoms with Gasteiger partial charge in [-0.1, -0.05) is 0 Å². The van der Waals surface area contributed by atoms with E-state index in [0.717, 1.165) is 0 Å². The van der Waals surface area contributed by atoms with Crippen LogP contribution in [-0.2, 0) is 4.79 Å². The normalized spacial score (nSPS) is 23.1. The smallest absolute Gasteiger partial charge is 0.234 e. The van der Waals surface area contributed by atoms with E-state index in [2.05, 4.69) is 21.2 Å². The van der Waals surface area contributed by atoms with Gasteiger partial charge in [-0.3, -0.25) is 14.9 Å². The molecule has 1 fully saturated rings. The van der Waals surface area contributed by atoms with Gasteiger partial charge in [0.25, 0.3) is 0 Å². The van der Waals surface area contributed by atoms with Gasteiger partial charge in [-0.05, 0) is 15.9 Å². The zero-order valence-corrected chi connectivity index (χ0v) is 11.9. The van der Waals surface area contributed by atoms with Crippen LogP contribution in [0.5, 0.6) is 11.5 Å². The summed E-state index contributed by atoms with van der Waals surface area (Å²) in [5, 5.41) is 13.2. The third-order valence-corrected chi connectivity index (χ3v) is 3.91. The second-order valence-electron chi connectivity index (χ2n) is 4.66. The zero-order valence-electron chi connectivity index (χ0n) is 10.3. The van der Waals surface area contributed by atoms with Gasteiger partial charge in [0, 0.05) is 27.9 Å². The Balaban J connectivity index is 1.74. The van der Waals surface area contributed by atoms with Crippen molar-refractivity contribution in [3.05, 3.63) is 26.7 Å². The van der Waals surface area contributed by atoms with Crippen LogP contribution >= 0.6 is 15.9 Å². The number of nitro groups is 1. The number of nitrogens with one attached hydrogen (secondary N) is 1. The Morgan fingerprint density at radius 1 is 1.35 bits per heavy atom. The van der Waals surface area contributed by atoms with Crippen LogP contribution in [0.25, 0.3) is 0 Å². The van der Waals surface area contributed by atoms with Gasteiger partial charge in [0.15, 0.2) is 11.5 Å². The number of nitrogens with zero attached hydrogens (tertiary/aromatic N) is 1. The fourth-order valence-electron chi connectivity index (χ4n) is 2.08. The Hall–Kier alpha value is -1.83. The first-order valence-corrected chi connectivity index (χ1v) is 6.89. The quantitative estimate of drug-likeness (QED) is 0.668. The highest BCUT2D eigenvalue weighted by Gasteiger charge is 2.53. The molecule has 2 atom stereocenters. The van der Waals surface area contributed by atoms with E-state index in [-0.39, 0.29) is 5.91 Å². The second kappa shape index (κ2) is 4.93. The lowest BCUT2D eigenvalue weighted by Gasteiger charge is -2.20. The van der Waals surface area contributed by atoms with Crippen molar-refractivity contribution in [2.45, 2.75) is 12.5 Å². The number of fused-ring (bicyclic) bond motifs is 1. The topological polar surface area (TPSA) is 90.7 Å². The number of ether oxygens (including phenoxy) is 2. The fourth-order valence-corrected chi connectivity index (χ4v) is 2.50. The first-order chi connectivity index (χ1) is 9.56. The Morgan fingerprint density at radius 2 is 2.00 bits per heavy atom. The highest BCUT2D eigenvalue weighted by molar-refractivity contribution is 9.10. The van der Waals surface area contributed by atoms with Crippen LogP contribution in [-0.4, -0.2) is 30.1 Å². The summed E-state index contributed by atoms with van der Waals surface area (Å²) in [4.78, 5) is 22.1. The van der Waals surface area contributed by atoms with Gasteiger partial charge < -0.3 is 14.8 Å². The molecule has 1 aromatic rings. The minimum atomic E-state index is -0.758. The summed E-state index contributed by atoms with van der Waals surface area (Å²) in [6.45, 7) is 0.936. The number of hydrogen-bond donors (Lipinski definition) is 1. The summed E-state index contributed by atoms with van der Waals surface area (Å²) in [6, 6.07) is 2.60. The molecule has 3 rings (SSSR count). The lowest BCUT2D eigenvalue weighted by Crippen LogP contribution is -2.19. The zero-order chi connectivity index (χ0) is 14.3. The molecule has 7 nitrogen and oxygen atoms in total. The summed E-state index contributed by atoms with van der Waals surface area (Å²) in [5.41, 5.74) is 0.522. The van der Waals surface area contributed by atoms with Gasteiger partial charge >= 0.3 is 0 Å². The van der Waals surface area contributed by atoms with Crippen LogP contribution in [0.4, 0.5) is 5.69 Å². The highest BCUT2D eigenvalue weighted by Crippen LogP contribution is 2.40. The average Bonchev–Trinajstić information content (AvgIpc) is 3.20. The minimum Gasteiger partial charge on any atom is -0.486 e. The monoisotopic (exact) mass is 342 g/mol. The molecule has 1 saturated carbocycles. The van der Waals surface area contributed by atoms with Crippen LogP contribution in [0.15, 0.2) is 16.6 Å². The molecule has 0 unspecified atom stereocenters. The van der Waals surface area contributed by atoms with E-state index in [0.29, 0.717) is 41.3 Å². The van der Waals surface area contributed by atoms with E-state index in [1.807, 2.05) is 0 Å². The minimum absolute atomic E-state index is 0.293. The van der Waals surface area contributed by atoms with Gasteiger partial charge in [-0.2, -0.15) is 0 Å². The molecule has 0 saturated heterocycles. The second-order valence-corrected chi connectivity index (χ2v) is 5.51. The average molecular weight is 343 g/mol. The predicted octanol–water partition coefficient (Wildman–Crippen LogP) is 1.82. The summed E-state index contributed by atoms with van der Waals surface area (Å²) >= 11 is 3.33. The number of hydrogen-bond acceptors (Lipinski definition) is 5. The van der Waals surface area contributed by atoms with Crippen molar-refractivity contribution < 1.29 is 19.2 Å². The predicted molar refractivity (Wildman–Crippen MR) is 72.7 cm³/mol. The van der Waals surface area contributed by atoms with Gasteiger partial charge in [0.2, 0.25) is 11.9 Å². The Labute approximate surface area is 122 Å². The van der Waals surface area contributed by atoms with E-state index in [4.69, 9.17) is 9.47 Å². The number of benzene rings is 1. The molecule has 20 heavy (non-hydrogen) atoms. The lowest BCUT2D eigenvalue weighted by molar-refractivity contribution is -0.497. The molecular weight excluding hydrogens is 332 g/mol. The molecule has 0 aromatic heterocycles. The van der Waals surface area contributed by atoms with Crippen molar-refractivity contribution in [1.82, 2.24) is 0 Å². The molecule has 1 aliphatic carbocycles. The standard InChI is InChI=1S/C12H11BrN2O5/c13-7-4-10-11(20-2-1-19-10)5-8(7)14-12(16)6-3-9(6)15(17)18/h4-6,9H,1-3H2,(H,14,16)/t6-,9-/m1/s1. The number of carbonyl (C=O) groups excluding carboxylic acids is 1. The maximum Gasteiger partial charge on any atom is 0.234 e. The van der Waals surface area contributed by atoms with Crippen LogP contribution in [0.2, 0.25) is 0 Å². The molecule has 0 radical (unpaired) electrons. The molecule has 0 spiro atoms. The molecule has 2 aliphatic rings. The van der Waals surface area contributed by atoms with Crippen molar-refractivity contribution in [2.24, 2.45) is 5.92 Å². The molecular formula is C12H11BrN2O5. The van der Waals surface area contributed by atoms with E-state index in [9.17, 15) is 14.9 Å². The molecule has 106 valence electrons. The van der Waals surface area contributed by atoms with Gasteiger partial charge in [0.05, 0.1) is 5.69 Å². The number of anilines is 1. The molecule has 1 aliphatic heterocycles. The molecule has 8 heteroatoms. The van der Waals surface area contributed by atoms with Crippen LogP contribution in [0, 0.1) is 16.0 Å². The summed E-state index contributed by atoms with van der Waals surface area (Å²) in [6.07, 6.45) is 0.293. The van der Waals surface area contributed by atoms with E-state index < -0.39 is 16.9 Å². The summed E-state index contributed by atoms with van der Waals surface area (Å²) < 4.78 is 11.5. The van der Waals surface area contributed by atoms with E-state index >= 15 is 0 Å². The first kappa shape index (κ1) is 13.2. The third kappa shape index (κ3) is 2.43. The number of halogens is 1. The van der Waals surface area contributed by atoms with Gasteiger partial charge in [-0.15, -0.1) is 0 Å². The largest absolute Gasteiger partial charge is 0.486 e. The van der Waals surface area contributed by atoms with E-state index in [1.54, 1.807) is 12.1 Å². The molecule has 1 N–H and O–H groups in total. The maximum atomic E-state index is 11.9. The van der Waals surface area contributed by atoms with Crippen molar-refractivity contribution >= 4 is 27.5 Å². The maximum absolute atomic E-state index is 11.9. The SMILES string of the molecule is O=C(Nc1cc2c(cc1Br)OCCO2)[C@@H]1C[C@H]1[N+](=O)[O-]. The number of rotatable bonds is 3. The van der Waals surface area contributed by atoms with Crippen molar-refractivity contribution in [3.63, 3.8) is 0 Å². The first-order valence-electron chi connectivity index (χ1n) is 6.10. The summed E-state index contributed by atoms with van der Waals surface area (Å²) in [7, 11) is 0. The van der Waals surface area contributed by atoms with Crippen molar-refractivity contribution in [2.75, 3.05) is 18.5 Å². The number of amides is 1. The van der Waals surface area contributed by atoms with Crippen LogP contribution < -0.4 is 14.8 Å². The molecule has 0 bridgehead atoms. The van der Waals surface area contributed by atoms with Crippen molar-refractivity contribution in [3.8, 4) is 11.5 Å². The molecule has 1 amide bonds. The van der Waals surface area contributed by atoms with E-state index in [1.165, 1.54) is 0 Å². The third-order valence-electron chi connectivity index (χ3n) is 3.25.